The molecule has 0 saturated heterocycles. The Kier molecular flexibility index (Phi) is 6.12. The molecule has 0 aliphatic rings. The molecule has 1 atom stereocenters. The van der Waals surface area contributed by atoms with Gasteiger partial charge in [0, 0.05) is 23.3 Å². The highest BCUT2D eigenvalue weighted by molar-refractivity contribution is 7.91. The summed E-state index contributed by atoms with van der Waals surface area (Å²) < 4.78 is 23.3. The quantitative estimate of drug-likeness (QED) is 0.840. The lowest BCUT2D eigenvalue weighted by molar-refractivity contribution is 0.262. The maximum atomic E-state index is 11.6. The number of benzene rings is 1. The molecule has 0 heterocycles. The van der Waals surface area contributed by atoms with Gasteiger partial charge in [0.25, 0.3) is 0 Å². The molecule has 18 heavy (non-hydrogen) atoms. The highest BCUT2D eigenvalue weighted by atomic mass is 35.5. The van der Waals surface area contributed by atoms with E-state index in [1.165, 1.54) is 0 Å². The van der Waals surface area contributed by atoms with Gasteiger partial charge in [0.15, 0.2) is 0 Å². The Morgan fingerprint density at radius 3 is 2.33 bits per heavy atom. The van der Waals surface area contributed by atoms with Crippen LogP contribution in [0.5, 0.6) is 0 Å². The zero-order chi connectivity index (χ0) is 13.6. The Labute approximate surface area is 114 Å². The van der Waals surface area contributed by atoms with E-state index in [4.69, 9.17) is 11.6 Å². The number of aliphatic hydroxyl groups is 1. The third-order valence-electron chi connectivity index (χ3n) is 2.85. The van der Waals surface area contributed by atoms with E-state index in [1.54, 1.807) is 12.1 Å². The summed E-state index contributed by atoms with van der Waals surface area (Å²) in [5, 5.41) is 9.98. The summed E-state index contributed by atoms with van der Waals surface area (Å²) in [6, 6.07) is 7.16. The van der Waals surface area contributed by atoms with Crippen molar-refractivity contribution in [1.82, 2.24) is 0 Å². The molecule has 0 amide bonds. The van der Waals surface area contributed by atoms with E-state index in [-0.39, 0.29) is 24.0 Å². The third kappa shape index (κ3) is 4.96. The maximum absolute atomic E-state index is 11.6. The van der Waals surface area contributed by atoms with Crippen molar-refractivity contribution in [2.45, 2.75) is 25.7 Å². The molecule has 1 rings (SSSR count). The van der Waals surface area contributed by atoms with Crippen LogP contribution in [0.1, 0.15) is 31.2 Å². The van der Waals surface area contributed by atoms with Gasteiger partial charge in [-0.3, -0.25) is 0 Å². The molecule has 102 valence electrons. The number of rotatable bonds is 7. The first-order chi connectivity index (χ1) is 8.48. The average molecular weight is 291 g/mol. The second-order valence-corrected chi connectivity index (χ2v) is 7.11. The molecule has 0 radical (unpaired) electrons. The zero-order valence-corrected chi connectivity index (χ0v) is 12.0. The lowest BCUT2D eigenvalue weighted by Crippen LogP contribution is -2.15. The van der Waals surface area contributed by atoms with Gasteiger partial charge < -0.3 is 5.11 Å². The summed E-state index contributed by atoms with van der Waals surface area (Å²) in [5.41, 5.74) is 0.925. The second-order valence-electron chi connectivity index (χ2n) is 4.37. The van der Waals surface area contributed by atoms with Crippen molar-refractivity contribution in [1.29, 1.82) is 0 Å². The molecule has 0 aliphatic heterocycles. The second kappa shape index (κ2) is 7.12. The van der Waals surface area contributed by atoms with E-state index in [1.807, 2.05) is 19.1 Å². The summed E-state index contributed by atoms with van der Waals surface area (Å²) in [5.74, 6) is 0.189. The van der Waals surface area contributed by atoms with Gasteiger partial charge >= 0.3 is 0 Å². The van der Waals surface area contributed by atoms with Crippen LogP contribution in [-0.4, -0.2) is 31.6 Å². The van der Waals surface area contributed by atoms with Crippen LogP contribution in [0.2, 0.25) is 5.02 Å². The minimum absolute atomic E-state index is 0.0523. The number of hydrogen-bond acceptors (Lipinski definition) is 3. The molecule has 1 aromatic carbocycles. The van der Waals surface area contributed by atoms with Crippen LogP contribution in [0, 0.1) is 0 Å². The van der Waals surface area contributed by atoms with Crippen LogP contribution in [-0.2, 0) is 9.84 Å². The first-order valence-corrected chi connectivity index (χ1v) is 8.25. The molecule has 0 aromatic heterocycles. The van der Waals surface area contributed by atoms with Gasteiger partial charge in [-0.05, 0) is 30.5 Å². The van der Waals surface area contributed by atoms with Crippen molar-refractivity contribution < 1.29 is 13.5 Å². The van der Waals surface area contributed by atoms with E-state index < -0.39 is 9.84 Å². The summed E-state index contributed by atoms with van der Waals surface area (Å²) in [7, 11) is -2.99. The van der Waals surface area contributed by atoms with Crippen molar-refractivity contribution >= 4 is 21.4 Å². The molecule has 0 spiro atoms. The van der Waals surface area contributed by atoms with Crippen LogP contribution in [0.15, 0.2) is 24.3 Å². The number of halogens is 1. The minimum Gasteiger partial charge on any atom is -0.396 e. The molecule has 5 heteroatoms. The first kappa shape index (κ1) is 15.5. The summed E-state index contributed by atoms with van der Waals surface area (Å²) in [6.45, 7) is 1.80. The Balaban J connectivity index is 2.65. The van der Waals surface area contributed by atoms with Gasteiger partial charge in [0.1, 0.15) is 9.84 Å². The Hall–Kier alpha value is -0.580. The standard InChI is InChI=1S/C13H19ClO3S/c1-2-8-18(16,17)9-7-12(10-15)11-3-5-13(14)6-4-11/h3-6,12,15H,2,7-10H2,1H3. The zero-order valence-electron chi connectivity index (χ0n) is 10.5. The van der Waals surface area contributed by atoms with E-state index in [2.05, 4.69) is 0 Å². The lowest BCUT2D eigenvalue weighted by atomic mass is 9.98. The normalized spacial score (nSPS) is 13.5. The van der Waals surface area contributed by atoms with Gasteiger partial charge in [-0.15, -0.1) is 0 Å². The van der Waals surface area contributed by atoms with E-state index in [9.17, 15) is 13.5 Å². The monoisotopic (exact) mass is 290 g/mol. The summed E-state index contributed by atoms with van der Waals surface area (Å²) in [4.78, 5) is 0. The molecule has 0 saturated carbocycles. The predicted molar refractivity (Wildman–Crippen MR) is 74.8 cm³/mol. The topological polar surface area (TPSA) is 54.4 Å². The highest BCUT2D eigenvalue weighted by Crippen LogP contribution is 2.22. The van der Waals surface area contributed by atoms with Gasteiger partial charge in [-0.1, -0.05) is 30.7 Å². The van der Waals surface area contributed by atoms with Crippen molar-refractivity contribution in [2.24, 2.45) is 0 Å². The molecule has 1 aromatic rings. The number of hydrogen-bond donors (Lipinski definition) is 1. The Morgan fingerprint density at radius 1 is 1.22 bits per heavy atom. The lowest BCUT2D eigenvalue weighted by Gasteiger charge is -2.14. The SMILES string of the molecule is CCCS(=O)(=O)CCC(CO)c1ccc(Cl)cc1. The van der Waals surface area contributed by atoms with Gasteiger partial charge in [0.2, 0.25) is 0 Å². The van der Waals surface area contributed by atoms with Crippen LogP contribution >= 0.6 is 11.6 Å². The van der Waals surface area contributed by atoms with Crippen LogP contribution in [0.25, 0.3) is 0 Å². The average Bonchev–Trinajstić information content (AvgIpc) is 2.32. The summed E-state index contributed by atoms with van der Waals surface area (Å²) in [6.07, 6.45) is 1.08. The predicted octanol–water partition coefficient (Wildman–Crippen LogP) is 2.63. The fourth-order valence-electron chi connectivity index (χ4n) is 1.83. The minimum atomic E-state index is -2.99. The van der Waals surface area contributed by atoms with E-state index in [0.29, 0.717) is 17.9 Å². The fraction of sp³-hybridized carbons (Fsp3) is 0.538. The smallest absolute Gasteiger partial charge is 0.150 e. The molecular weight excluding hydrogens is 272 g/mol. The van der Waals surface area contributed by atoms with Crippen molar-refractivity contribution in [2.75, 3.05) is 18.1 Å². The van der Waals surface area contributed by atoms with E-state index >= 15 is 0 Å². The number of sulfone groups is 1. The summed E-state index contributed by atoms with van der Waals surface area (Å²) >= 11 is 5.79. The number of aliphatic hydroxyl groups excluding tert-OH is 1. The Bertz CT molecular complexity index is 454. The maximum Gasteiger partial charge on any atom is 0.150 e. The molecule has 0 fully saturated rings. The molecule has 1 N–H and O–H groups in total. The largest absolute Gasteiger partial charge is 0.396 e. The van der Waals surface area contributed by atoms with Crippen molar-refractivity contribution in [3.8, 4) is 0 Å². The Morgan fingerprint density at radius 2 is 1.83 bits per heavy atom. The van der Waals surface area contributed by atoms with Gasteiger partial charge in [-0.25, -0.2) is 8.42 Å². The van der Waals surface area contributed by atoms with Crippen LogP contribution in [0.4, 0.5) is 0 Å². The van der Waals surface area contributed by atoms with E-state index in [0.717, 1.165) is 5.56 Å². The third-order valence-corrected chi connectivity index (χ3v) is 4.99. The van der Waals surface area contributed by atoms with Crippen molar-refractivity contribution in [3.05, 3.63) is 34.9 Å². The molecule has 0 aliphatic carbocycles. The first-order valence-electron chi connectivity index (χ1n) is 6.05. The molecule has 1 unspecified atom stereocenters. The molecule has 0 bridgehead atoms. The highest BCUT2D eigenvalue weighted by Gasteiger charge is 2.16. The van der Waals surface area contributed by atoms with Crippen LogP contribution < -0.4 is 0 Å². The van der Waals surface area contributed by atoms with Gasteiger partial charge in [-0.2, -0.15) is 0 Å². The fourth-order valence-corrected chi connectivity index (χ4v) is 3.43. The molecule has 3 nitrogen and oxygen atoms in total. The van der Waals surface area contributed by atoms with Crippen molar-refractivity contribution in [3.63, 3.8) is 0 Å². The van der Waals surface area contributed by atoms with Crippen LogP contribution in [0.3, 0.4) is 0 Å². The molecular formula is C13H19ClO3S. The van der Waals surface area contributed by atoms with Gasteiger partial charge in [0.05, 0.1) is 5.75 Å².